The summed E-state index contributed by atoms with van der Waals surface area (Å²) in [5, 5.41) is 4.81. The second-order valence-electron chi connectivity index (χ2n) is 5.84. The number of carbonyl (C=O) groups excluding carboxylic acids is 1. The highest BCUT2D eigenvalue weighted by atomic mass is 32.2. The Morgan fingerprint density at radius 2 is 1.93 bits per heavy atom. The minimum absolute atomic E-state index is 0.160. The molecule has 0 aliphatic rings. The van der Waals surface area contributed by atoms with E-state index in [1.165, 1.54) is 23.5 Å². The molecule has 0 aliphatic carbocycles. The Hall–Kier alpha value is -2.91. The maximum Gasteiger partial charge on any atom is 0.263 e. The molecule has 9 heteroatoms. The standard InChI is InChI=1S/C19H19N3O4S2/c1-26-16-7-5-6-14(12-16)20-18(23)11-10-15-13-27-19(21-15)22-28(24,25)17-8-3-2-4-9-17/h2-9,12-13H,10-11H2,1H3,(H,20,23)(H,21,22). The molecule has 0 aliphatic heterocycles. The van der Waals surface area contributed by atoms with E-state index in [1.54, 1.807) is 55.0 Å². The summed E-state index contributed by atoms with van der Waals surface area (Å²) in [5.74, 6) is 0.500. The molecule has 0 saturated heterocycles. The van der Waals surface area contributed by atoms with Crippen molar-refractivity contribution in [2.75, 3.05) is 17.1 Å². The lowest BCUT2D eigenvalue weighted by atomic mass is 10.2. The first-order chi connectivity index (χ1) is 13.5. The van der Waals surface area contributed by atoms with Gasteiger partial charge >= 0.3 is 0 Å². The van der Waals surface area contributed by atoms with Crippen LogP contribution in [0.5, 0.6) is 5.75 Å². The van der Waals surface area contributed by atoms with Crippen molar-refractivity contribution in [3.63, 3.8) is 0 Å². The number of nitrogens with one attached hydrogen (secondary N) is 2. The van der Waals surface area contributed by atoms with E-state index in [0.717, 1.165) is 0 Å². The molecule has 0 radical (unpaired) electrons. The van der Waals surface area contributed by atoms with Gasteiger partial charge in [-0.25, -0.2) is 13.4 Å². The van der Waals surface area contributed by atoms with E-state index >= 15 is 0 Å². The van der Waals surface area contributed by atoms with Crippen LogP contribution in [0.15, 0.2) is 64.9 Å². The highest BCUT2D eigenvalue weighted by molar-refractivity contribution is 7.93. The molecule has 0 fully saturated rings. The van der Waals surface area contributed by atoms with E-state index in [0.29, 0.717) is 23.6 Å². The number of thiazole rings is 1. The first kappa shape index (κ1) is 19.8. The highest BCUT2D eigenvalue weighted by Gasteiger charge is 2.16. The number of carbonyl (C=O) groups is 1. The van der Waals surface area contributed by atoms with Gasteiger partial charge in [-0.15, -0.1) is 11.3 Å². The fourth-order valence-corrected chi connectivity index (χ4v) is 4.43. The van der Waals surface area contributed by atoms with Gasteiger partial charge in [0, 0.05) is 23.6 Å². The summed E-state index contributed by atoms with van der Waals surface area (Å²) in [6.45, 7) is 0. The number of anilines is 2. The predicted octanol–water partition coefficient (Wildman–Crippen LogP) is 3.52. The molecule has 2 aromatic carbocycles. The highest BCUT2D eigenvalue weighted by Crippen LogP contribution is 2.21. The Labute approximate surface area is 167 Å². The van der Waals surface area contributed by atoms with Gasteiger partial charge in [0.2, 0.25) is 5.91 Å². The van der Waals surface area contributed by atoms with Crippen molar-refractivity contribution >= 4 is 38.1 Å². The van der Waals surface area contributed by atoms with Crippen molar-refractivity contribution in [1.82, 2.24) is 4.98 Å². The second kappa shape index (κ2) is 8.85. The molecular formula is C19H19N3O4S2. The van der Waals surface area contributed by atoms with Gasteiger partial charge in [0.1, 0.15) is 5.75 Å². The van der Waals surface area contributed by atoms with Gasteiger partial charge in [-0.1, -0.05) is 24.3 Å². The number of amides is 1. The minimum Gasteiger partial charge on any atom is -0.497 e. The predicted molar refractivity (Wildman–Crippen MR) is 109 cm³/mol. The monoisotopic (exact) mass is 417 g/mol. The van der Waals surface area contributed by atoms with Crippen LogP contribution in [0, 0.1) is 0 Å². The van der Waals surface area contributed by atoms with E-state index in [1.807, 2.05) is 0 Å². The van der Waals surface area contributed by atoms with E-state index < -0.39 is 10.0 Å². The fourth-order valence-electron chi connectivity index (χ4n) is 2.41. The summed E-state index contributed by atoms with van der Waals surface area (Å²) < 4.78 is 32.2. The van der Waals surface area contributed by atoms with Crippen molar-refractivity contribution < 1.29 is 17.9 Å². The van der Waals surface area contributed by atoms with Gasteiger partial charge in [-0.2, -0.15) is 0 Å². The maximum absolute atomic E-state index is 12.3. The van der Waals surface area contributed by atoms with Crippen LogP contribution in [0.3, 0.4) is 0 Å². The van der Waals surface area contributed by atoms with Gasteiger partial charge < -0.3 is 10.1 Å². The lowest BCUT2D eigenvalue weighted by Crippen LogP contribution is -2.13. The lowest BCUT2D eigenvalue weighted by Gasteiger charge is -2.06. The molecule has 7 nitrogen and oxygen atoms in total. The van der Waals surface area contributed by atoms with Crippen LogP contribution in [0.2, 0.25) is 0 Å². The van der Waals surface area contributed by atoms with E-state index in [2.05, 4.69) is 15.0 Å². The maximum atomic E-state index is 12.3. The normalized spacial score (nSPS) is 11.0. The van der Waals surface area contributed by atoms with Gasteiger partial charge in [0.25, 0.3) is 10.0 Å². The number of benzene rings is 2. The van der Waals surface area contributed by atoms with Crippen molar-refractivity contribution in [2.24, 2.45) is 0 Å². The SMILES string of the molecule is COc1cccc(NC(=O)CCc2csc(NS(=O)(=O)c3ccccc3)n2)c1. The third-order valence-electron chi connectivity index (χ3n) is 3.79. The topological polar surface area (TPSA) is 97.4 Å². The number of methoxy groups -OCH3 is 1. The number of aryl methyl sites for hydroxylation is 1. The van der Waals surface area contributed by atoms with Gasteiger partial charge in [-0.3, -0.25) is 9.52 Å². The Morgan fingerprint density at radius 3 is 2.68 bits per heavy atom. The van der Waals surface area contributed by atoms with Crippen LogP contribution in [0.25, 0.3) is 0 Å². The number of rotatable bonds is 8. The molecule has 2 N–H and O–H groups in total. The molecule has 3 aromatic rings. The zero-order valence-electron chi connectivity index (χ0n) is 15.1. The summed E-state index contributed by atoms with van der Waals surface area (Å²) in [5.41, 5.74) is 1.30. The summed E-state index contributed by atoms with van der Waals surface area (Å²) in [7, 11) is -2.11. The Morgan fingerprint density at radius 1 is 1.14 bits per heavy atom. The first-order valence-corrected chi connectivity index (χ1v) is 10.8. The molecule has 1 heterocycles. The molecule has 3 rings (SSSR count). The third-order valence-corrected chi connectivity index (χ3v) is 6.08. The van der Waals surface area contributed by atoms with Crippen LogP contribution < -0.4 is 14.8 Å². The van der Waals surface area contributed by atoms with Crippen LogP contribution in [-0.4, -0.2) is 26.4 Å². The first-order valence-electron chi connectivity index (χ1n) is 8.42. The lowest BCUT2D eigenvalue weighted by molar-refractivity contribution is -0.116. The molecule has 0 spiro atoms. The largest absolute Gasteiger partial charge is 0.497 e. The Kier molecular flexibility index (Phi) is 6.27. The second-order valence-corrected chi connectivity index (χ2v) is 8.38. The molecular weight excluding hydrogens is 398 g/mol. The van der Waals surface area contributed by atoms with Gasteiger partial charge in [0.15, 0.2) is 5.13 Å². The van der Waals surface area contributed by atoms with E-state index in [9.17, 15) is 13.2 Å². The van der Waals surface area contributed by atoms with E-state index in [-0.39, 0.29) is 22.4 Å². The van der Waals surface area contributed by atoms with Crippen LogP contribution >= 0.6 is 11.3 Å². The van der Waals surface area contributed by atoms with Crippen molar-refractivity contribution in [1.29, 1.82) is 0 Å². The van der Waals surface area contributed by atoms with Crippen molar-refractivity contribution in [3.8, 4) is 5.75 Å². The van der Waals surface area contributed by atoms with Crippen molar-refractivity contribution in [3.05, 3.63) is 65.7 Å². The Balaban J connectivity index is 1.55. The molecule has 146 valence electrons. The van der Waals surface area contributed by atoms with Crippen LogP contribution in [0.4, 0.5) is 10.8 Å². The molecule has 1 amide bonds. The molecule has 0 saturated carbocycles. The molecule has 0 bridgehead atoms. The van der Waals surface area contributed by atoms with E-state index in [4.69, 9.17) is 4.74 Å². The number of hydrogen-bond acceptors (Lipinski definition) is 6. The van der Waals surface area contributed by atoms with Crippen LogP contribution in [0.1, 0.15) is 12.1 Å². The molecule has 28 heavy (non-hydrogen) atoms. The van der Waals surface area contributed by atoms with Gasteiger partial charge in [-0.05, 0) is 30.7 Å². The summed E-state index contributed by atoms with van der Waals surface area (Å²) in [4.78, 5) is 16.5. The average molecular weight is 418 g/mol. The number of nitrogens with zero attached hydrogens (tertiary/aromatic N) is 1. The zero-order valence-corrected chi connectivity index (χ0v) is 16.7. The minimum atomic E-state index is -3.67. The van der Waals surface area contributed by atoms with Gasteiger partial charge in [0.05, 0.1) is 17.7 Å². The zero-order chi connectivity index (χ0) is 20.0. The van der Waals surface area contributed by atoms with Crippen LogP contribution in [-0.2, 0) is 21.2 Å². The average Bonchev–Trinajstić information content (AvgIpc) is 3.14. The fraction of sp³-hybridized carbons (Fsp3) is 0.158. The number of aromatic nitrogens is 1. The summed E-state index contributed by atoms with van der Waals surface area (Å²) in [6, 6.07) is 15.2. The van der Waals surface area contributed by atoms with Crippen molar-refractivity contribution in [2.45, 2.75) is 17.7 Å². The Bertz CT molecular complexity index is 1050. The molecule has 1 aromatic heterocycles. The third kappa shape index (κ3) is 5.30. The summed E-state index contributed by atoms with van der Waals surface area (Å²) in [6.07, 6.45) is 0.630. The smallest absolute Gasteiger partial charge is 0.263 e. The molecule has 0 atom stereocenters. The number of hydrogen-bond donors (Lipinski definition) is 2. The number of sulfonamides is 1. The quantitative estimate of drug-likeness (QED) is 0.584. The molecule has 0 unspecified atom stereocenters. The number of ether oxygens (including phenoxy) is 1. The summed E-state index contributed by atoms with van der Waals surface area (Å²) >= 11 is 1.18.